The van der Waals surface area contributed by atoms with Gasteiger partial charge in [0.05, 0.1) is 17.2 Å². The number of nitrogens with one attached hydrogen (secondary N) is 1. The van der Waals surface area contributed by atoms with Crippen molar-refractivity contribution in [1.29, 1.82) is 0 Å². The van der Waals surface area contributed by atoms with Gasteiger partial charge in [-0.25, -0.2) is 0 Å². The Kier molecular flexibility index (Phi) is 8.82. The van der Waals surface area contributed by atoms with E-state index < -0.39 is 0 Å². The van der Waals surface area contributed by atoms with Crippen LogP contribution in [0.15, 0.2) is 30.3 Å². The molecule has 0 saturated heterocycles. The van der Waals surface area contributed by atoms with Crippen LogP contribution in [0.2, 0.25) is 15.1 Å². The van der Waals surface area contributed by atoms with Crippen LogP contribution in [0.3, 0.4) is 0 Å². The number of benzene rings is 2. The maximum Gasteiger partial charge on any atom is 0.163 e. The van der Waals surface area contributed by atoms with Crippen LogP contribution in [0.5, 0.6) is 11.5 Å². The van der Waals surface area contributed by atoms with Gasteiger partial charge in [0.25, 0.3) is 0 Å². The standard InChI is InChI=1S/C19H22Cl3NO3/c1-24-7-3-6-23-11-14-9-18(25-2)19(10-16(14)21)26-12-13-4-5-15(20)17(22)8-13/h4-5,8-10,23H,3,6-7,11-12H2,1-2H3. The monoisotopic (exact) mass is 417 g/mol. The molecule has 1 N–H and O–H groups in total. The molecule has 0 bridgehead atoms. The largest absolute Gasteiger partial charge is 0.493 e. The fourth-order valence-electron chi connectivity index (χ4n) is 2.34. The molecule has 0 amide bonds. The molecular formula is C19H22Cl3NO3. The number of methoxy groups -OCH3 is 2. The van der Waals surface area contributed by atoms with E-state index in [4.69, 9.17) is 49.0 Å². The van der Waals surface area contributed by atoms with Gasteiger partial charge in [0.1, 0.15) is 6.61 Å². The Labute approximate surface area is 169 Å². The van der Waals surface area contributed by atoms with Crippen molar-refractivity contribution in [2.45, 2.75) is 19.6 Å². The molecule has 0 unspecified atom stereocenters. The fourth-order valence-corrected chi connectivity index (χ4v) is 2.88. The second-order valence-corrected chi connectivity index (χ2v) is 6.88. The van der Waals surface area contributed by atoms with Crippen molar-refractivity contribution in [1.82, 2.24) is 5.32 Å². The summed E-state index contributed by atoms with van der Waals surface area (Å²) in [6.45, 7) is 2.55. The van der Waals surface area contributed by atoms with E-state index in [1.807, 2.05) is 12.1 Å². The molecule has 0 saturated carbocycles. The molecule has 0 aliphatic heterocycles. The molecule has 0 atom stereocenters. The highest BCUT2D eigenvalue weighted by Gasteiger charge is 2.11. The first-order chi connectivity index (χ1) is 12.5. The number of rotatable bonds is 10. The Morgan fingerprint density at radius 1 is 0.923 bits per heavy atom. The first-order valence-corrected chi connectivity index (χ1v) is 9.31. The Bertz CT molecular complexity index is 725. The summed E-state index contributed by atoms with van der Waals surface area (Å²) in [4.78, 5) is 0. The van der Waals surface area contributed by atoms with Crippen LogP contribution >= 0.6 is 34.8 Å². The van der Waals surface area contributed by atoms with Gasteiger partial charge in [-0.3, -0.25) is 0 Å². The average molecular weight is 419 g/mol. The molecule has 7 heteroatoms. The third-order valence-electron chi connectivity index (χ3n) is 3.73. The third-order valence-corrected chi connectivity index (χ3v) is 4.82. The minimum atomic E-state index is 0.332. The van der Waals surface area contributed by atoms with Crippen molar-refractivity contribution in [2.75, 3.05) is 27.4 Å². The highest BCUT2D eigenvalue weighted by molar-refractivity contribution is 6.42. The number of hydrogen-bond donors (Lipinski definition) is 1. The SMILES string of the molecule is COCCCNCc1cc(OC)c(OCc2ccc(Cl)c(Cl)c2)cc1Cl. The van der Waals surface area contributed by atoms with Crippen LogP contribution in [0.1, 0.15) is 17.5 Å². The van der Waals surface area contributed by atoms with E-state index in [9.17, 15) is 0 Å². The second-order valence-electron chi connectivity index (χ2n) is 5.65. The molecule has 0 aromatic heterocycles. The second kappa shape index (κ2) is 10.9. The van der Waals surface area contributed by atoms with E-state index in [-0.39, 0.29) is 0 Å². The zero-order valence-electron chi connectivity index (χ0n) is 14.8. The Morgan fingerprint density at radius 3 is 2.42 bits per heavy atom. The molecule has 0 radical (unpaired) electrons. The topological polar surface area (TPSA) is 39.7 Å². The van der Waals surface area contributed by atoms with Gasteiger partial charge in [-0.1, -0.05) is 40.9 Å². The molecule has 4 nitrogen and oxygen atoms in total. The number of halogens is 3. The normalized spacial score (nSPS) is 10.8. The highest BCUT2D eigenvalue weighted by Crippen LogP contribution is 2.34. The average Bonchev–Trinajstić information content (AvgIpc) is 2.63. The highest BCUT2D eigenvalue weighted by atomic mass is 35.5. The summed E-state index contributed by atoms with van der Waals surface area (Å²) in [5.41, 5.74) is 1.85. The van der Waals surface area contributed by atoms with Crippen molar-refractivity contribution in [3.05, 3.63) is 56.5 Å². The smallest absolute Gasteiger partial charge is 0.163 e. The van der Waals surface area contributed by atoms with Crippen molar-refractivity contribution in [3.8, 4) is 11.5 Å². The van der Waals surface area contributed by atoms with Gasteiger partial charge in [0.2, 0.25) is 0 Å². The molecular weight excluding hydrogens is 397 g/mol. The lowest BCUT2D eigenvalue weighted by Gasteiger charge is -2.14. The number of hydrogen-bond acceptors (Lipinski definition) is 4. The first kappa shape index (κ1) is 21.1. The summed E-state index contributed by atoms with van der Waals surface area (Å²) in [5, 5.41) is 4.95. The predicted molar refractivity (Wildman–Crippen MR) is 107 cm³/mol. The molecule has 142 valence electrons. The maximum absolute atomic E-state index is 6.39. The van der Waals surface area contributed by atoms with Gasteiger partial charge in [0, 0.05) is 31.4 Å². The molecule has 0 spiro atoms. The van der Waals surface area contributed by atoms with Crippen LogP contribution in [0.4, 0.5) is 0 Å². The van der Waals surface area contributed by atoms with E-state index in [0.717, 1.165) is 30.7 Å². The Morgan fingerprint density at radius 2 is 1.73 bits per heavy atom. The quantitative estimate of drug-likeness (QED) is 0.527. The lowest BCUT2D eigenvalue weighted by molar-refractivity contribution is 0.194. The van der Waals surface area contributed by atoms with Gasteiger partial charge < -0.3 is 19.5 Å². The Balaban J connectivity index is 2.01. The van der Waals surface area contributed by atoms with Crippen molar-refractivity contribution < 1.29 is 14.2 Å². The lowest BCUT2D eigenvalue weighted by atomic mass is 10.2. The van der Waals surface area contributed by atoms with Gasteiger partial charge in [-0.05, 0) is 42.3 Å². The molecule has 0 aliphatic rings. The van der Waals surface area contributed by atoms with E-state index >= 15 is 0 Å². The molecule has 0 fully saturated rings. The first-order valence-electron chi connectivity index (χ1n) is 8.18. The third kappa shape index (κ3) is 6.22. The van der Waals surface area contributed by atoms with E-state index in [2.05, 4.69) is 5.32 Å². The van der Waals surface area contributed by atoms with Crippen LogP contribution in [-0.2, 0) is 17.9 Å². The molecule has 2 aromatic rings. The fraction of sp³-hybridized carbons (Fsp3) is 0.368. The van der Waals surface area contributed by atoms with Crippen LogP contribution in [0, 0.1) is 0 Å². The molecule has 26 heavy (non-hydrogen) atoms. The Hall–Kier alpha value is -1.17. The van der Waals surface area contributed by atoms with Gasteiger partial charge in [-0.2, -0.15) is 0 Å². The molecule has 2 aromatic carbocycles. The van der Waals surface area contributed by atoms with Gasteiger partial charge in [0.15, 0.2) is 11.5 Å². The predicted octanol–water partition coefficient (Wildman–Crippen LogP) is 5.36. The summed E-state index contributed by atoms with van der Waals surface area (Å²) in [7, 11) is 3.30. The maximum atomic E-state index is 6.39. The minimum absolute atomic E-state index is 0.332. The number of ether oxygens (including phenoxy) is 3. The van der Waals surface area contributed by atoms with Crippen molar-refractivity contribution >= 4 is 34.8 Å². The summed E-state index contributed by atoms with van der Waals surface area (Å²) in [5.74, 6) is 1.20. The molecule has 2 rings (SSSR count). The zero-order valence-corrected chi connectivity index (χ0v) is 17.0. The van der Waals surface area contributed by atoms with Crippen LogP contribution < -0.4 is 14.8 Å². The minimum Gasteiger partial charge on any atom is -0.493 e. The summed E-state index contributed by atoms with van der Waals surface area (Å²) in [6, 6.07) is 9.03. The summed E-state index contributed by atoms with van der Waals surface area (Å²) >= 11 is 18.3. The molecule has 0 heterocycles. The summed E-state index contributed by atoms with van der Waals surface area (Å²) < 4.78 is 16.3. The van der Waals surface area contributed by atoms with E-state index in [0.29, 0.717) is 39.7 Å². The van der Waals surface area contributed by atoms with E-state index in [1.54, 1.807) is 32.4 Å². The zero-order chi connectivity index (χ0) is 18.9. The lowest BCUT2D eigenvalue weighted by Crippen LogP contribution is -2.16. The molecule has 0 aliphatic carbocycles. The van der Waals surface area contributed by atoms with Gasteiger partial charge in [-0.15, -0.1) is 0 Å². The summed E-state index contributed by atoms with van der Waals surface area (Å²) in [6.07, 6.45) is 0.941. The van der Waals surface area contributed by atoms with Crippen molar-refractivity contribution in [3.63, 3.8) is 0 Å². The van der Waals surface area contributed by atoms with Gasteiger partial charge >= 0.3 is 0 Å². The van der Waals surface area contributed by atoms with Crippen LogP contribution in [-0.4, -0.2) is 27.4 Å². The van der Waals surface area contributed by atoms with E-state index in [1.165, 1.54) is 0 Å². The van der Waals surface area contributed by atoms with Crippen molar-refractivity contribution in [2.24, 2.45) is 0 Å². The van der Waals surface area contributed by atoms with Crippen LogP contribution in [0.25, 0.3) is 0 Å².